The van der Waals surface area contributed by atoms with Crippen molar-refractivity contribution in [2.24, 2.45) is 0 Å². The van der Waals surface area contributed by atoms with E-state index in [0.717, 1.165) is 38.5 Å². The number of fused-ring (bicyclic) bond motifs is 3. The van der Waals surface area contributed by atoms with Gasteiger partial charge in [0.05, 0.1) is 6.10 Å². The SMILES string of the molecule is CC(C)n1ncnc1CC(O)C1CN2CCN1CC2. The van der Waals surface area contributed by atoms with E-state index in [0.29, 0.717) is 6.42 Å². The molecule has 0 spiro atoms. The molecule has 0 aromatic carbocycles. The molecule has 0 amide bonds. The Balaban J connectivity index is 1.68. The van der Waals surface area contributed by atoms with E-state index in [-0.39, 0.29) is 18.2 Å². The Morgan fingerprint density at radius 3 is 2.63 bits per heavy atom. The number of hydrogen-bond donors (Lipinski definition) is 1. The molecular formula is C13H23N5O. The Hall–Kier alpha value is -0.980. The first-order valence-electron chi connectivity index (χ1n) is 7.18. The molecule has 3 fully saturated rings. The van der Waals surface area contributed by atoms with Gasteiger partial charge in [-0.1, -0.05) is 0 Å². The molecule has 3 aliphatic rings. The summed E-state index contributed by atoms with van der Waals surface area (Å²) in [6.07, 6.45) is 1.82. The second kappa shape index (κ2) is 5.19. The average Bonchev–Trinajstić information content (AvgIpc) is 2.88. The van der Waals surface area contributed by atoms with Gasteiger partial charge in [-0.25, -0.2) is 9.67 Å². The van der Waals surface area contributed by atoms with Crippen molar-refractivity contribution in [3.8, 4) is 0 Å². The van der Waals surface area contributed by atoms with Gasteiger partial charge in [-0.15, -0.1) is 0 Å². The Morgan fingerprint density at radius 1 is 1.32 bits per heavy atom. The van der Waals surface area contributed by atoms with E-state index in [1.165, 1.54) is 0 Å². The molecule has 2 atom stereocenters. The van der Waals surface area contributed by atoms with Gasteiger partial charge in [-0.3, -0.25) is 9.80 Å². The van der Waals surface area contributed by atoms with Gasteiger partial charge in [0.15, 0.2) is 0 Å². The number of piperazine rings is 3. The third-order valence-corrected chi connectivity index (χ3v) is 4.29. The summed E-state index contributed by atoms with van der Waals surface area (Å²) in [6.45, 7) is 9.61. The fourth-order valence-corrected chi connectivity index (χ4v) is 3.20. The van der Waals surface area contributed by atoms with Gasteiger partial charge in [0, 0.05) is 51.2 Å². The van der Waals surface area contributed by atoms with Crippen molar-refractivity contribution in [1.29, 1.82) is 0 Å². The van der Waals surface area contributed by atoms with Crippen molar-refractivity contribution in [2.75, 3.05) is 32.7 Å². The molecule has 3 saturated heterocycles. The van der Waals surface area contributed by atoms with Crippen molar-refractivity contribution in [2.45, 2.75) is 38.5 Å². The van der Waals surface area contributed by atoms with Gasteiger partial charge in [0.2, 0.25) is 0 Å². The summed E-state index contributed by atoms with van der Waals surface area (Å²) < 4.78 is 1.90. The highest BCUT2D eigenvalue weighted by Gasteiger charge is 2.36. The third-order valence-electron chi connectivity index (χ3n) is 4.29. The first-order chi connectivity index (χ1) is 9.15. The van der Waals surface area contributed by atoms with Crippen LogP contribution in [0.3, 0.4) is 0 Å². The Labute approximate surface area is 114 Å². The van der Waals surface area contributed by atoms with Crippen LogP contribution in [0.25, 0.3) is 0 Å². The Kier molecular flexibility index (Phi) is 3.56. The number of aromatic nitrogens is 3. The van der Waals surface area contributed by atoms with Crippen LogP contribution in [0.4, 0.5) is 0 Å². The molecular weight excluding hydrogens is 242 g/mol. The zero-order valence-corrected chi connectivity index (χ0v) is 11.7. The summed E-state index contributed by atoms with van der Waals surface area (Å²) in [5.74, 6) is 0.889. The third kappa shape index (κ3) is 2.52. The van der Waals surface area contributed by atoms with E-state index in [9.17, 15) is 5.11 Å². The van der Waals surface area contributed by atoms with Crippen LogP contribution >= 0.6 is 0 Å². The maximum atomic E-state index is 10.5. The van der Waals surface area contributed by atoms with Gasteiger partial charge in [0.25, 0.3) is 0 Å². The smallest absolute Gasteiger partial charge is 0.138 e. The van der Waals surface area contributed by atoms with Gasteiger partial charge < -0.3 is 5.11 Å². The molecule has 1 aromatic rings. The highest BCUT2D eigenvalue weighted by Crippen LogP contribution is 2.20. The summed E-state index contributed by atoms with van der Waals surface area (Å²) in [5.41, 5.74) is 0. The van der Waals surface area contributed by atoms with Crippen molar-refractivity contribution in [1.82, 2.24) is 24.6 Å². The van der Waals surface area contributed by atoms with E-state index in [1.54, 1.807) is 6.33 Å². The lowest BCUT2D eigenvalue weighted by molar-refractivity contribution is -0.0461. The lowest BCUT2D eigenvalue weighted by atomic mass is 10.00. The first kappa shape index (κ1) is 13.0. The molecule has 6 nitrogen and oxygen atoms in total. The van der Waals surface area contributed by atoms with Crippen LogP contribution in [0, 0.1) is 0 Å². The molecule has 2 unspecified atom stereocenters. The van der Waals surface area contributed by atoms with Gasteiger partial charge in [-0.05, 0) is 13.8 Å². The van der Waals surface area contributed by atoms with Crippen molar-refractivity contribution < 1.29 is 5.11 Å². The predicted molar refractivity (Wildman–Crippen MR) is 71.9 cm³/mol. The van der Waals surface area contributed by atoms with E-state index >= 15 is 0 Å². The van der Waals surface area contributed by atoms with Crippen LogP contribution in [-0.2, 0) is 6.42 Å². The number of aliphatic hydroxyl groups is 1. The largest absolute Gasteiger partial charge is 0.391 e. The summed E-state index contributed by atoms with van der Waals surface area (Å²) in [4.78, 5) is 9.16. The molecule has 0 radical (unpaired) electrons. The van der Waals surface area contributed by atoms with E-state index in [4.69, 9.17) is 0 Å². The maximum Gasteiger partial charge on any atom is 0.138 e. The maximum absolute atomic E-state index is 10.5. The summed E-state index contributed by atoms with van der Waals surface area (Å²) in [7, 11) is 0. The van der Waals surface area contributed by atoms with Crippen molar-refractivity contribution in [3.05, 3.63) is 12.2 Å². The molecule has 3 aliphatic heterocycles. The number of nitrogens with zero attached hydrogens (tertiary/aromatic N) is 5. The fraction of sp³-hybridized carbons (Fsp3) is 0.846. The second-order valence-corrected chi connectivity index (χ2v) is 5.89. The number of rotatable bonds is 4. The van der Waals surface area contributed by atoms with Crippen LogP contribution in [0.2, 0.25) is 0 Å². The number of aliphatic hydroxyl groups excluding tert-OH is 1. The molecule has 0 saturated carbocycles. The van der Waals surface area contributed by atoms with Crippen LogP contribution < -0.4 is 0 Å². The average molecular weight is 265 g/mol. The fourth-order valence-electron chi connectivity index (χ4n) is 3.20. The Bertz CT molecular complexity index is 424. The minimum atomic E-state index is -0.357. The van der Waals surface area contributed by atoms with Crippen LogP contribution in [0.1, 0.15) is 25.7 Å². The molecule has 19 heavy (non-hydrogen) atoms. The Morgan fingerprint density at radius 2 is 2.05 bits per heavy atom. The standard InChI is InChI=1S/C13H23N5O/c1-10(2)18-13(14-9-15-18)7-12(19)11-8-16-3-5-17(11)6-4-16/h9-12,19H,3-8H2,1-2H3. The van der Waals surface area contributed by atoms with Gasteiger partial charge >= 0.3 is 0 Å². The van der Waals surface area contributed by atoms with Gasteiger partial charge in [0.1, 0.15) is 12.2 Å². The molecule has 4 rings (SSSR count). The molecule has 1 N–H and O–H groups in total. The quantitative estimate of drug-likeness (QED) is 0.814. The van der Waals surface area contributed by atoms with Crippen LogP contribution in [-0.4, -0.2) is 74.5 Å². The highest BCUT2D eigenvalue weighted by molar-refractivity contribution is 4.97. The van der Waals surface area contributed by atoms with Crippen molar-refractivity contribution >= 4 is 0 Å². The minimum absolute atomic E-state index is 0.250. The topological polar surface area (TPSA) is 57.4 Å². The van der Waals surface area contributed by atoms with Crippen LogP contribution in [0.5, 0.6) is 0 Å². The zero-order chi connectivity index (χ0) is 13.4. The molecule has 2 bridgehead atoms. The van der Waals surface area contributed by atoms with E-state index < -0.39 is 0 Å². The van der Waals surface area contributed by atoms with Gasteiger partial charge in [-0.2, -0.15) is 5.10 Å². The predicted octanol–water partition coefficient (Wildman–Crippen LogP) is -0.238. The molecule has 106 valence electrons. The molecule has 0 aliphatic carbocycles. The summed E-state index contributed by atoms with van der Waals surface area (Å²) in [6, 6.07) is 0.538. The molecule has 4 heterocycles. The monoisotopic (exact) mass is 265 g/mol. The summed E-state index contributed by atoms with van der Waals surface area (Å²) in [5, 5.41) is 14.8. The van der Waals surface area contributed by atoms with Crippen molar-refractivity contribution in [3.63, 3.8) is 0 Å². The second-order valence-electron chi connectivity index (χ2n) is 5.89. The minimum Gasteiger partial charge on any atom is -0.391 e. The number of hydrogen-bond acceptors (Lipinski definition) is 5. The molecule has 6 heteroatoms. The van der Waals surface area contributed by atoms with Crippen LogP contribution in [0.15, 0.2) is 6.33 Å². The van der Waals surface area contributed by atoms with E-state index in [2.05, 4.69) is 33.7 Å². The highest BCUT2D eigenvalue weighted by atomic mass is 16.3. The lowest BCUT2D eigenvalue weighted by Crippen LogP contribution is -2.64. The summed E-state index contributed by atoms with van der Waals surface area (Å²) >= 11 is 0. The normalized spacial score (nSPS) is 31.9. The van der Waals surface area contributed by atoms with E-state index in [1.807, 2.05) is 4.68 Å². The molecule has 1 aromatic heterocycles. The zero-order valence-electron chi connectivity index (χ0n) is 11.7. The lowest BCUT2D eigenvalue weighted by Gasteiger charge is -2.49. The first-order valence-corrected chi connectivity index (χ1v) is 7.18.